The van der Waals surface area contributed by atoms with E-state index < -0.39 is 7.14 Å². The molecule has 0 aliphatic carbocycles. The molecular weight excluding hydrogens is 175 g/mol. The summed E-state index contributed by atoms with van der Waals surface area (Å²) in [5.74, 6) is 0. The molecule has 0 saturated heterocycles. The molecule has 0 aliphatic heterocycles. The van der Waals surface area contributed by atoms with Crippen LogP contribution in [0.3, 0.4) is 0 Å². The van der Waals surface area contributed by atoms with Crippen LogP contribution in [0.4, 0.5) is 0 Å². The second-order valence-electron chi connectivity index (χ2n) is 2.77. The Morgan fingerprint density at radius 3 is 2.33 bits per heavy atom. The predicted molar refractivity (Wildman–Crippen MR) is 46.5 cm³/mol. The van der Waals surface area contributed by atoms with Gasteiger partial charge in [-0.05, 0) is 13.3 Å². The molecule has 0 N–H and O–H groups in total. The molecule has 0 fully saturated rings. The van der Waals surface area contributed by atoms with Crippen LogP contribution >= 0.6 is 7.14 Å². The van der Waals surface area contributed by atoms with Crippen LogP contribution in [-0.2, 0) is 4.57 Å². The maximum absolute atomic E-state index is 11.4. The zero-order valence-electron chi connectivity index (χ0n) is 6.89. The molecule has 1 rings (SSSR count). The molecule has 64 valence electrons. The first-order valence-electron chi connectivity index (χ1n) is 3.37. The van der Waals surface area contributed by atoms with Gasteiger partial charge in [0, 0.05) is 0 Å². The van der Waals surface area contributed by atoms with E-state index in [-0.39, 0.29) is 5.69 Å². The molecule has 0 aliphatic rings. The number of hydrogen-bond acceptors (Lipinski definition) is 4. The van der Waals surface area contributed by atoms with Crippen molar-refractivity contribution in [1.29, 1.82) is 0 Å². The third-order valence-electron chi connectivity index (χ3n) is 1.33. The van der Waals surface area contributed by atoms with Gasteiger partial charge < -0.3 is 4.57 Å². The largest absolute Gasteiger partial charge is 0.318 e. The van der Waals surface area contributed by atoms with E-state index in [0.29, 0.717) is 11.7 Å². The van der Waals surface area contributed by atoms with E-state index in [0.717, 1.165) is 0 Å². The van der Waals surface area contributed by atoms with Crippen molar-refractivity contribution in [3.63, 3.8) is 0 Å². The van der Waals surface area contributed by atoms with Gasteiger partial charge in [0.05, 0.1) is 12.4 Å². The Labute approximate surface area is 70.4 Å². The van der Waals surface area contributed by atoms with Crippen molar-refractivity contribution in [2.24, 2.45) is 0 Å². The van der Waals surface area contributed by atoms with Crippen LogP contribution in [0.2, 0.25) is 0 Å². The zero-order chi connectivity index (χ0) is 9.19. The molecule has 12 heavy (non-hydrogen) atoms. The monoisotopic (exact) mass is 184 g/mol. The number of carbonyl (C=O) groups is 1. The lowest BCUT2D eigenvalue weighted by molar-refractivity contribution is 0.111. The van der Waals surface area contributed by atoms with Crippen LogP contribution in [0.25, 0.3) is 0 Å². The third-order valence-corrected chi connectivity index (χ3v) is 2.67. The fraction of sp³-hybridized carbons (Fsp3) is 0.286. The van der Waals surface area contributed by atoms with Crippen molar-refractivity contribution >= 4 is 18.9 Å². The van der Waals surface area contributed by atoms with Gasteiger partial charge in [-0.1, -0.05) is 0 Å². The zero-order valence-corrected chi connectivity index (χ0v) is 7.78. The minimum Gasteiger partial charge on any atom is -0.318 e. The van der Waals surface area contributed by atoms with Crippen molar-refractivity contribution in [3.8, 4) is 0 Å². The maximum Gasteiger partial charge on any atom is 0.170 e. The smallest absolute Gasteiger partial charge is 0.170 e. The Balaban J connectivity index is 3.08. The minimum atomic E-state index is -2.34. The highest BCUT2D eigenvalue weighted by Crippen LogP contribution is 2.32. The summed E-state index contributed by atoms with van der Waals surface area (Å²) in [5, 5.41) is 0. The average molecular weight is 184 g/mol. The van der Waals surface area contributed by atoms with E-state index in [1.807, 2.05) is 0 Å². The van der Waals surface area contributed by atoms with Crippen molar-refractivity contribution in [2.75, 3.05) is 13.3 Å². The predicted octanol–water partition coefficient (Wildman–Crippen LogP) is 0.537. The van der Waals surface area contributed by atoms with Gasteiger partial charge in [0.1, 0.15) is 18.3 Å². The maximum atomic E-state index is 11.4. The lowest BCUT2D eigenvalue weighted by Crippen LogP contribution is -2.09. The molecule has 0 atom stereocenters. The second kappa shape index (κ2) is 3.15. The molecule has 1 aromatic heterocycles. The number of nitrogens with zero attached hydrogens (tertiary/aromatic N) is 2. The molecule has 0 amide bonds. The van der Waals surface area contributed by atoms with Gasteiger partial charge in [0.15, 0.2) is 6.29 Å². The summed E-state index contributed by atoms with van der Waals surface area (Å²) in [6, 6.07) is 0. The van der Waals surface area contributed by atoms with E-state index in [9.17, 15) is 9.36 Å². The van der Waals surface area contributed by atoms with Crippen LogP contribution in [0.5, 0.6) is 0 Å². The summed E-state index contributed by atoms with van der Waals surface area (Å²) in [7, 11) is -2.34. The van der Waals surface area contributed by atoms with Gasteiger partial charge in [0.25, 0.3) is 0 Å². The molecule has 4 nitrogen and oxygen atoms in total. The lowest BCUT2D eigenvalue weighted by Gasteiger charge is -2.03. The van der Waals surface area contributed by atoms with E-state index >= 15 is 0 Å². The first-order chi connectivity index (χ1) is 5.54. The normalized spacial score (nSPS) is 11.2. The van der Waals surface area contributed by atoms with E-state index in [4.69, 9.17) is 0 Å². The Morgan fingerprint density at radius 1 is 1.33 bits per heavy atom. The summed E-state index contributed by atoms with van der Waals surface area (Å²) in [4.78, 5) is 17.8. The highest BCUT2D eigenvalue weighted by molar-refractivity contribution is 7.69. The molecular formula is C7H9N2O2P. The van der Waals surface area contributed by atoms with Gasteiger partial charge in [-0.3, -0.25) is 4.79 Å². The Kier molecular flexibility index (Phi) is 2.38. The number of hydrogen-bond donors (Lipinski definition) is 0. The standard InChI is InChI=1S/C7H9N2O2P/c1-12(2,11)7-4-8-6(5-10)3-9-7/h3-5H,1-2H3. The van der Waals surface area contributed by atoms with Crippen LogP contribution in [0, 0.1) is 0 Å². The summed E-state index contributed by atoms with van der Waals surface area (Å²) >= 11 is 0. The van der Waals surface area contributed by atoms with Crippen LogP contribution in [0.15, 0.2) is 12.4 Å². The number of rotatable bonds is 2. The fourth-order valence-electron chi connectivity index (χ4n) is 0.670. The minimum absolute atomic E-state index is 0.257. The summed E-state index contributed by atoms with van der Waals surface area (Å²) in [5.41, 5.74) is 0.709. The molecule has 5 heteroatoms. The van der Waals surface area contributed by atoms with Crippen LogP contribution in [-0.4, -0.2) is 29.6 Å². The second-order valence-corrected chi connectivity index (χ2v) is 5.93. The molecule has 1 aromatic rings. The van der Waals surface area contributed by atoms with Crippen molar-refractivity contribution in [1.82, 2.24) is 9.97 Å². The Bertz CT molecular complexity index is 328. The highest BCUT2D eigenvalue weighted by Gasteiger charge is 2.12. The summed E-state index contributed by atoms with van der Waals surface area (Å²) in [6.45, 7) is 3.22. The first kappa shape index (κ1) is 9.07. The SMILES string of the molecule is CP(C)(=O)c1cnc(C=O)cn1. The van der Waals surface area contributed by atoms with Gasteiger partial charge in [0.2, 0.25) is 0 Å². The van der Waals surface area contributed by atoms with E-state index in [2.05, 4.69) is 9.97 Å². The molecule has 0 unspecified atom stereocenters. The van der Waals surface area contributed by atoms with Crippen molar-refractivity contribution in [2.45, 2.75) is 0 Å². The molecule has 0 bridgehead atoms. The Morgan fingerprint density at radius 2 is 2.00 bits per heavy atom. The summed E-state index contributed by atoms with van der Waals surface area (Å²) < 4.78 is 11.4. The molecule has 0 saturated carbocycles. The Hall–Kier alpha value is -1.02. The van der Waals surface area contributed by atoms with Gasteiger partial charge in [-0.2, -0.15) is 0 Å². The van der Waals surface area contributed by atoms with Crippen molar-refractivity contribution < 1.29 is 9.36 Å². The third kappa shape index (κ3) is 1.98. The van der Waals surface area contributed by atoms with E-state index in [1.165, 1.54) is 12.4 Å². The van der Waals surface area contributed by atoms with Crippen molar-refractivity contribution in [3.05, 3.63) is 18.1 Å². The van der Waals surface area contributed by atoms with Crippen LogP contribution < -0.4 is 5.44 Å². The van der Waals surface area contributed by atoms with Gasteiger partial charge in [-0.15, -0.1) is 0 Å². The number of aromatic nitrogens is 2. The van der Waals surface area contributed by atoms with Gasteiger partial charge in [-0.25, -0.2) is 9.97 Å². The van der Waals surface area contributed by atoms with E-state index in [1.54, 1.807) is 13.3 Å². The van der Waals surface area contributed by atoms with Crippen LogP contribution in [0.1, 0.15) is 10.5 Å². The molecule has 0 radical (unpaired) electrons. The van der Waals surface area contributed by atoms with Gasteiger partial charge >= 0.3 is 0 Å². The quantitative estimate of drug-likeness (QED) is 0.497. The number of carbonyl (C=O) groups excluding carboxylic acids is 1. The fourth-order valence-corrected chi connectivity index (χ4v) is 1.34. The molecule has 0 aromatic carbocycles. The topological polar surface area (TPSA) is 59.9 Å². The number of aldehydes is 1. The molecule has 1 heterocycles. The summed E-state index contributed by atoms with van der Waals surface area (Å²) in [6.07, 6.45) is 3.31. The molecule has 0 spiro atoms. The highest BCUT2D eigenvalue weighted by atomic mass is 31.2. The first-order valence-corrected chi connectivity index (χ1v) is 5.97. The lowest BCUT2D eigenvalue weighted by atomic mass is 10.5. The average Bonchev–Trinajstić information content (AvgIpc) is 2.03.